The van der Waals surface area contributed by atoms with E-state index >= 15 is 0 Å². The fourth-order valence-corrected chi connectivity index (χ4v) is 2.89. The molecular formula is C17H18N2OS. The normalized spacial score (nSPS) is 17.2. The van der Waals surface area contributed by atoms with Crippen molar-refractivity contribution in [3.05, 3.63) is 65.0 Å². The standard InChI is InChI=1S/C17H18N2OS/c18-17(21)15-10-12(8-9-19-15)11-20-16-7-3-5-13-4-1-2-6-14(13)16/h1-2,4,6,8-10,16H,3,5,7,11H2,(H2,18,21). The van der Waals surface area contributed by atoms with Crippen molar-refractivity contribution in [2.45, 2.75) is 32.0 Å². The number of nitrogens with two attached hydrogens (primary N) is 1. The van der Waals surface area contributed by atoms with E-state index in [-0.39, 0.29) is 6.10 Å². The highest BCUT2D eigenvalue weighted by molar-refractivity contribution is 7.80. The molecule has 1 aliphatic rings. The molecule has 0 saturated heterocycles. The van der Waals surface area contributed by atoms with Gasteiger partial charge in [0.1, 0.15) is 4.99 Å². The van der Waals surface area contributed by atoms with Crippen LogP contribution >= 0.6 is 12.2 Å². The molecule has 0 amide bonds. The lowest BCUT2D eigenvalue weighted by atomic mass is 9.89. The number of hydrogen-bond donors (Lipinski definition) is 1. The number of fused-ring (bicyclic) bond motifs is 1. The van der Waals surface area contributed by atoms with Gasteiger partial charge in [-0.05, 0) is 48.1 Å². The van der Waals surface area contributed by atoms with Gasteiger partial charge in [0.2, 0.25) is 0 Å². The molecule has 1 atom stereocenters. The summed E-state index contributed by atoms with van der Waals surface area (Å²) in [5.41, 5.74) is 10.0. The largest absolute Gasteiger partial charge is 0.388 e. The van der Waals surface area contributed by atoms with Crippen LogP contribution in [0.2, 0.25) is 0 Å². The molecule has 2 N–H and O–H groups in total. The fourth-order valence-electron chi connectivity index (χ4n) is 2.78. The lowest BCUT2D eigenvalue weighted by molar-refractivity contribution is 0.0282. The molecule has 21 heavy (non-hydrogen) atoms. The van der Waals surface area contributed by atoms with Gasteiger partial charge in [-0.3, -0.25) is 4.98 Å². The van der Waals surface area contributed by atoms with E-state index in [0.717, 1.165) is 18.4 Å². The Balaban J connectivity index is 1.71. The first-order chi connectivity index (χ1) is 10.2. The number of benzene rings is 1. The quantitative estimate of drug-likeness (QED) is 0.880. The van der Waals surface area contributed by atoms with Gasteiger partial charge in [-0.2, -0.15) is 0 Å². The SMILES string of the molecule is NC(=S)c1cc(COC2CCCc3ccccc32)ccn1. The lowest BCUT2D eigenvalue weighted by Crippen LogP contribution is -2.14. The maximum atomic E-state index is 6.12. The Labute approximate surface area is 130 Å². The van der Waals surface area contributed by atoms with Gasteiger partial charge >= 0.3 is 0 Å². The molecular weight excluding hydrogens is 280 g/mol. The van der Waals surface area contributed by atoms with Crippen molar-refractivity contribution in [2.24, 2.45) is 5.73 Å². The number of hydrogen-bond acceptors (Lipinski definition) is 3. The number of pyridine rings is 1. The van der Waals surface area contributed by atoms with E-state index in [1.54, 1.807) is 6.20 Å². The Morgan fingerprint density at radius 1 is 1.33 bits per heavy atom. The van der Waals surface area contributed by atoms with Crippen LogP contribution in [-0.4, -0.2) is 9.97 Å². The zero-order valence-electron chi connectivity index (χ0n) is 11.8. The molecule has 0 aliphatic heterocycles. The number of nitrogens with zero attached hydrogens (tertiary/aromatic N) is 1. The second kappa shape index (κ2) is 6.33. The smallest absolute Gasteiger partial charge is 0.122 e. The molecule has 1 aliphatic carbocycles. The third kappa shape index (κ3) is 3.28. The number of aromatic nitrogens is 1. The van der Waals surface area contributed by atoms with Crippen molar-refractivity contribution < 1.29 is 4.74 Å². The predicted octanol–water partition coefficient (Wildman–Crippen LogP) is 3.31. The van der Waals surface area contributed by atoms with Crippen LogP contribution in [0.4, 0.5) is 0 Å². The molecule has 2 aromatic rings. The summed E-state index contributed by atoms with van der Waals surface area (Å²) in [6.07, 6.45) is 5.30. The lowest BCUT2D eigenvalue weighted by Gasteiger charge is -2.25. The van der Waals surface area contributed by atoms with Crippen LogP contribution in [0.1, 0.15) is 41.3 Å². The van der Waals surface area contributed by atoms with Crippen LogP contribution in [-0.2, 0) is 17.8 Å². The van der Waals surface area contributed by atoms with Crippen LogP contribution in [0, 0.1) is 0 Å². The maximum Gasteiger partial charge on any atom is 0.122 e. The molecule has 1 aromatic carbocycles. The van der Waals surface area contributed by atoms with Gasteiger partial charge in [0.05, 0.1) is 18.4 Å². The predicted molar refractivity (Wildman–Crippen MR) is 87.0 cm³/mol. The highest BCUT2D eigenvalue weighted by Crippen LogP contribution is 2.32. The van der Waals surface area contributed by atoms with Gasteiger partial charge in [0.25, 0.3) is 0 Å². The Kier molecular flexibility index (Phi) is 4.27. The zero-order valence-corrected chi connectivity index (χ0v) is 12.6. The molecule has 0 bridgehead atoms. The van der Waals surface area contributed by atoms with Crippen molar-refractivity contribution in [1.82, 2.24) is 4.98 Å². The topological polar surface area (TPSA) is 48.1 Å². The Bertz CT molecular complexity index is 657. The van der Waals surface area contributed by atoms with E-state index in [1.807, 2.05) is 12.1 Å². The Hall–Kier alpha value is -1.78. The van der Waals surface area contributed by atoms with Gasteiger partial charge < -0.3 is 10.5 Å². The third-order valence-electron chi connectivity index (χ3n) is 3.84. The van der Waals surface area contributed by atoms with E-state index in [9.17, 15) is 0 Å². The number of aryl methyl sites for hydroxylation is 1. The van der Waals surface area contributed by atoms with Crippen LogP contribution in [0.25, 0.3) is 0 Å². The summed E-state index contributed by atoms with van der Waals surface area (Å²) < 4.78 is 6.12. The van der Waals surface area contributed by atoms with Gasteiger partial charge in [-0.1, -0.05) is 36.5 Å². The zero-order chi connectivity index (χ0) is 14.7. The second-order valence-corrected chi connectivity index (χ2v) is 5.74. The average Bonchev–Trinajstić information content (AvgIpc) is 2.53. The van der Waals surface area contributed by atoms with Crippen LogP contribution in [0.15, 0.2) is 42.6 Å². The van der Waals surface area contributed by atoms with E-state index in [0.29, 0.717) is 17.3 Å². The molecule has 4 heteroatoms. The van der Waals surface area contributed by atoms with Gasteiger partial charge in [-0.25, -0.2) is 0 Å². The van der Waals surface area contributed by atoms with Crippen molar-refractivity contribution in [2.75, 3.05) is 0 Å². The van der Waals surface area contributed by atoms with Crippen molar-refractivity contribution in [3.63, 3.8) is 0 Å². The number of ether oxygens (including phenoxy) is 1. The minimum Gasteiger partial charge on any atom is -0.388 e. The molecule has 0 radical (unpaired) electrons. The highest BCUT2D eigenvalue weighted by atomic mass is 32.1. The Morgan fingerprint density at radius 2 is 2.19 bits per heavy atom. The first-order valence-electron chi connectivity index (χ1n) is 7.18. The fraction of sp³-hybridized carbons (Fsp3) is 0.294. The van der Waals surface area contributed by atoms with Crippen molar-refractivity contribution in [1.29, 1.82) is 0 Å². The molecule has 0 fully saturated rings. The first-order valence-corrected chi connectivity index (χ1v) is 7.59. The summed E-state index contributed by atoms with van der Waals surface area (Å²) >= 11 is 4.96. The molecule has 1 heterocycles. The first kappa shape index (κ1) is 14.2. The minimum absolute atomic E-state index is 0.177. The molecule has 1 aromatic heterocycles. The average molecular weight is 298 g/mol. The van der Waals surface area contributed by atoms with Gasteiger partial charge in [0.15, 0.2) is 0 Å². The minimum atomic E-state index is 0.177. The van der Waals surface area contributed by atoms with Crippen molar-refractivity contribution in [3.8, 4) is 0 Å². The summed E-state index contributed by atoms with van der Waals surface area (Å²) in [6, 6.07) is 12.4. The molecule has 0 spiro atoms. The van der Waals surface area contributed by atoms with Gasteiger partial charge in [0, 0.05) is 6.20 Å². The van der Waals surface area contributed by atoms with Crippen LogP contribution in [0.5, 0.6) is 0 Å². The molecule has 3 rings (SSSR count). The molecule has 0 saturated carbocycles. The monoisotopic (exact) mass is 298 g/mol. The third-order valence-corrected chi connectivity index (χ3v) is 4.05. The summed E-state index contributed by atoms with van der Waals surface area (Å²) in [6.45, 7) is 0.553. The number of thiocarbonyl (C=S) groups is 1. The van der Waals surface area contributed by atoms with Crippen LogP contribution < -0.4 is 5.73 Å². The second-order valence-electron chi connectivity index (χ2n) is 5.30. The molecule has 108 valence electrons. The van der Waals surface area contributed by atoms with E-state index in [1.165, 1.54) is 17.5 Å². The van der Waals surface area contributed by atoms with E-state index in [2.05, 4.69) is 29.2 Å². The molecule has 3 nitrogen and oxygen atoms in total. The maximum absolute atomic E-state index is 6.12. The molecule has 1 unspecified atom stereocenters. The summed E-state index contributed by atoms with van der Waals surface area (Å²) in [5.74, 6) is 0. The highest BCUT2D eigenvalue weighted by Gasteiger charge is 2.20. The summed E-state index contributed by atoms with van der Waals surface area (Å²) in [7, 11) is 0. The van der Waals surface area contributed by atoms with E-state index in [4.69, 9.17) is 22.7 Å². The summed E-state index contributed by atoms with van der Waals surface area (Å²) in [5, 5.41) is 0. The van der Waals surface area contributed by atoms with Crippen LogP contribution in [0.3, 0.4) is 0 Å². The summed E-state index contributed by atoms with van der Waals surface area (Å²) in [4.78, 5) is 4.47. The van der Waals surface area contributed by atoms with E-state index < -0.39 is 0 Å². The van der Waals surface area contributed by atoms with Crippen molar-refractivity contribution >= 4 is 17.2 Å². The Morgan fingerprint density at radius 3 is 3.05 bits per heavy atom. The van der Waals surface area contributed by atoms with Gasteiger partial charge in [-0.15, -0.1) is 0 Å². The number of rotatable bonds is 4.